The van der Waals surface area contributed by atoms with E-state index in [1.54, 1.807) is 0 Å². The summed E-state index contributed by atoms with van der Waals surface area (Å²) in [6.07, 6.45) is 7.12. The van der Waals surface area contributed by atoms with Gasteiger partial charge in [0.05, 0.1) is 0 Å². The molecule has 0 heterocycles. The van der Waals surface area contributed by atoms with E-state index in [4.69, 9.17) is 0 Å². The van der Waals surface area contributed by atoms with Crippen LogP contribution in [0.2, 0.25) is 0 Å². The average Bonchev–Trinajstić information content (AvgIpc) is 2.76. The normalized spacial score (nSPS) is 19.4. The van der Waals surface area contributed by atoms with Gasteiger partial charge in [0, 0.05) is 19.1 Å². The molecule has 0 aromatic heterocycles. The molecule has 0 spiro atoms. The summed E-state index contributed by atoms with van der Waals surface area (Å²) in [7, 11) is 2.28. The topological polar surface area (TPSA) is 15.3 Å². The van der Waals surface area contributed by atoms with Gasteiger partial charge in [-0.3, -0.25) is 0 Å². The van der Waals surface area contributed by atoms with Gasteiger partial charge in [-0.05, 0) is 51.6 Å². The van der Waals surface area contributed by atoms with E-state index in [1.165, 1.54) is 45.2 Å². The fraction of sp³-hybridized carbons (Fsp3) is 1.00. The molecule has 0 saturated heterocycles. The molecular formula is C15H32N2. The van der Waals surface area contributed by atoms with Crippen LogP contribution < -0.4 is 5.32 Å². The van der Waals surface area contributed by atoms with Gasteiger partial charge >= 0.3 is 0 Å². The van der Waals surface area contributed by atoms with Crippen molar-refractivity contribution in [1.82, 2.24) is 10.2 Å². The van der Waals surface area contributed by atoms with Crippen LogP contribution in [0, 0.1) is 11.8 Å². The van der Waals surface area contributed by atoms with E-state index in [2.05, 4.69) is 38.0 Å². The maximum absolute atomic E-state index is 3.58. The lowest BCUT2D eigenvalue weighted by Gasteiger charge is -2.27. The third-order valence-electron chi connectivity index (χ3n) is 4.11. The minimum Gasteiger partial charge on any atom is -0.315 e. The highest BCUT2D eigenvalue weighted by molar-refractivity contribution is 4.74. The lowest BCUT2D eigenvalue weighted by molar-refractivity contribution is 0.214. The third-order valence-corrected chi connectivity index (χ3v) is 4.11. The second-order valence-electron chi connectivity index (χ2n) is 6.33. The second-order valence-corrected chi connectivity index (χ2v) is 6.33. The Morgan fingerprint density at radius 2 is 1.82 bits per heavy atom. The molecule has 0 amide bonds. The summed E-state index contributed by atoms with van der Waals surface area (Å²) >= 11 is 0. The predicted octanol–water partition coefficient (Wildman–Crippen LogP) is 3.13. The molecule has 1 fully saturated rings. The van der Waals surface area contributed by atoms with Crippen LogP contribution in [-0.2, 0) is 0 Å². The van der Waals surface area contributed by atoms with Crippen molar-refractivity contribution in [2.24, 2.45) is 11.8 Å². The van der Waals surface area contributed by atoms with Gasteiger partial charge in [0.1, 0.15) is 0 Å². The van der Waals surface area contributed by atoms with Crippen molar-refractivity contribution in [3.05, 3.63) is 0 Å². The molecule has 0 aromatic carbocycles. The molecule has 2 nitrogen and oxygen atoms in total. The second kappa shape index (κ2) is 8.10. The molecule has 1 unspecified atom stereocenters. The fourth-order valence-corrected chi connectivity index (χ4v) is 2.64. The molecule has 1 aliphatic carbocycles. The summed E-state index contributed by atoms with van der Waals surface area (Å²) in [5.74, 6) is 1.78. The Morgan fingerprint density at radius 1 is 1.18 bits per heavy atom. The van der Waals surface area contributed by atoms with E-state index < -0.39 is 0 Å². The van der Waals surface area contributed by atoms with Crippen LogP contribution in [0.25, 0.3) is 0 Å². The zero-order chi connectivity index (χ0) is 12.7. The molecule has 0 radical (unpaired) electrons. The first kappa shape index (κ1) is 15.0. The third kappa shape index (κ3) is 6.42. The molecule has 0 aromatic rings. The van der Waals surface area contributed by atoms with Gasteiger partial charge in [-0.1, -0.05) is 26.7 Å². The van der Waals surface area contributed by atoms with Gasteiger partial charge in [0.2, 0.25) is 0 Å². The minimum absolute atomic E-state index is 0.669. The standard InChI is InChI=1S/C15H32N2/c1-13(2)9-10-16-11-14(3)17(4)12-15-7-5-6-8-15/h13-16H,5-12H2,1-4H3. The number of rotatable bonds is 8. The molecule has 1 atom stereocenters. The molecule has 102 valence electrons. The Morgan fingerprint density at radius 3 is 2.41 bits per heavy atom. The quantitative estimate of drug-likeness (QED) is 0.656. The van der Waals surface area contributed by atoms with Crippen molar-refractivity contribution in [1.29, 1.82) is 0 Å². The van der Waals surface area contributed by atoms with Crippen molar-refractivity contribution in [2.75, 3.05) is 26.7 Å². The van der Waals surface area contributed by atoms with E-state index >= 15 is 0 Å². The van der Waals surface area contributed by atoms with Crippen LogP contribution in [-0.4, -0.2) is 37.6 Å². The maximum Gasteiger partial charge on any atom is 0.0189 e. The lowest BCUT2D eigenvalue weighted by Crippen LogP contribution is -2.40. The maximum atomic E-state index is 3.58. The van der Waals surface area contributed by atoms with Crippen molar-refractivity contribution >= 4 is 0 Å². The van der Waals surface area contributed by atoms with Crippen molar-refractivity contribution in [3.8, 4) is 0 Å². The zero-order valence-corrected chi connectivity index (χ0v) is 12.3. The number of nitrogens with one attached hydrogen (secondary N) is 1. The number of likely N-dealkylation sites (N-methyl/N-ethyl adjacent to an activating group) is 1. The van der Waals surface area contributed by atoms with Crippen LogP contribution in [0.4, 0.5) is 0 Å². The monoisotopic (exact) mass is 240 g/mol. The van der Waals surface area contributed by atoms with Crippen molar-refractivity contribution in [3.63, 3.8) is 0 Å². The number of hydrogen-bond donors (Lipinski definition) is 1. The predicted molar refractivity (Wildman–Crippen MR) is 76.4 cm³/mol. The Kier molecular flexibility index (Phi) is 7.14. The SMILES string of the molecule is CC(C)CCNCC(C)N(C)CC1CCCC1. The van der Waals surface area contributed by atoms with Crippen molar-refractivity contribution in [2.45, 2.75) is 58.9 Å². The van der Waals surface area contributed by atoms with Crippen LogP contribution in [0.3, 0.4) is 0 Å². The number of nitrogens with zero attached hydrogens (tertiary/aromatic N) is 1. The molecule has 1 saturated carbocycles. The van der Waals surface area contributed by atoms with Crippen LogP contribution >= 0.6 is 0 Å². The van der Waals surface area contributed by atoms with Gasteiger partial charge in [-0.15, -0.1) is 0 Å². The first-order chi connectivity index (χ1) is 8.09. The summed E-state index contributed by atoms with van der Waals surface area (Å²) in [5, 5.41) is 3.58. The van der Waals surface area contributed by atoms with Crippen LogP contribution in [0.15, 0.2) is 0 Å². The zero-order valence-electron chi connectivity index (χ0n) is 12.3. The van der Waals surface area contributed by atoms with E-state index in [9.17, 15) is 0 Å². The molecule has 17 heavy (non-hydrogen) atoms. The summed E-state index contributed by atoms with van der Waals surface area (Å²) in [5.41, 5.74) is 0. The Hall–Kier alpha value is -0.0800. The fourth-order valence-electron chi connectivity index (χ4n) is 2.64. The van der Waals surface area contributed by atoms with E-state index in [-0.39, 0.29) is 0 Å². The van der Waals surface area contributed by atoms with Crippen molar-refractivity contribution < 1.29 is 0 Å². The summed E-state index contributed by atoms with van der Waals surface area (Å²) in [6.45, 7) is 10.5. The van der Waals surface area contributed by atoms with Crippen LogP contribution in [0.5, 0.6) is 0 Å². The minimum atomic E-state index is 0.669. The smallest absolute Gasteiger partial charge is 0.0189 e. The van der Waals surface area contributed by atoms with E-state index in [1.807, 2.05) is 0 Å². The molecule has 0 aliphatic heterocycles. The molecular weight excluding hydrogens is 208 g/mol. The number of hydrogen-bond acceptors (Lipinski definition) is 2. The first-order valence-corrected chi connectivity index (χ1v) is 7.50. The first-order valence-electron chi connectivity index (χ1n) is 7.50. The highest BCUT2D eigenvalue weighted by Gasteiger charge is 2.18. The Bertz CT molecular complexity index is 185. The molecule has 1 N–H and O–H groups in total. The van der Waals surface area contributed by atoms with Gasteiger partial charge in [-0.2, -0.15) is 0 Å². The lowest BCUT2D eigenvalue weighted by atomic mass is 10.1. The molecule has 0 bridgehead atoms. The summed E-state index contributed by atoms with van der Waals surface area (Å²) in [4.78, 5) is 2.54. The summed E-state index contributed by atoms with van der Waals surface area (Å²) < 4.78 is 0. The van der Waals surface area contributed by atoms with E-state index in [0.29, 0.717) is 6.04 Å². The molecule has 2 heteroatoms. The molecule has 1 rings (SSSR count). The Balaban J connectivity index is 2.06. The Labute approximate surface area is 108 Å². The van der Waals surface area contributed by atoms with Gasteiger partial charge < -0.3 is 10.2 Å². The average molecular weight is 240 g/mol. The largest absolute Gasteiger partial charge is 0.315 e. The van der Waals surface area contributed by atoms with Crippen LogP contribution in [0.1, 0.15) is 52.9 Å². The highest BCUT2D eigenvalue weighted by Crippen LogP contribution is 2.25. The van der Waals surface area contributed by atoms with E-state index in [0.717, 1.165) is 18.4 Å². The van der Waals surface area contributed by atoms with Gasteiger partial charge in [-0.25, -0.2) is 0 Å². The molecule has 1 aliphatic rings. The summed E-state index contributed by atoms with van der Waals surface area (Å²) in [6, 6.07) is 0.669. The van der Waals surface area contributed by atoms with Gasteiger partial charge in [0.25, 0.3) is 0 Å². The van der Waals surface area contributed by atoms with Gasteiger partial charge in [0.15, 0.2) is 0 Å². The highest BCUT2D eigenvalue weighted by atomic mass is 15.1.